The zero-order valence-electron chi connectivity index (χ0n) is 17.2. The highest BCUT2D eigenvalue weighted by atomic mass is 35.5. The van der Waals surface area contributed by atoms with Crippen molar-refractivity contribution in [2.45, 2.75) is 13.1 Å². The van der Waals surface area contributed by atoms with Gasteiger partial charge in [-0.3, -0.25) is 9.59 Å². The lowest BCUT2D eigenvalue weighted by molar-refractivity contribution is -0.114. The summed E-state index contributed by atoms with van der Waals surface area (Å²) in [4.78, 5) is 28.7. The van der Waals surface area contributed by atoms with Crippen LogP contribution in [0.1, 0.15) is 21.6 Å². The number of rotatable bonds is 3. The summed E-state index contributed by atoms with van der Waals surface area (Å²) in [5, 5.41) is 0.279. The second kappa shape index (κ2) is 8.05. The highest BCUT2D eigenvalue weighted by molar-refractivity contribution is 6.34. The van der Waals surface area contributed by atoms with E-state index in [0.29, 0.717) is 18.7 Å². The number of hydrogen-bond acceptors (Lipinski definition) is 3. The third-order valence-corrected chi connectivity index (χ3v) is 6.24. The Hall–Kier alpha value is -3.77. The van der Waals surface area contributed by atoms with Crippen molar-refractivity contribution in [3.63, 3.8) is 0 Å². The summed E-state index contributed by atoms with van der Waals surface area (Å²) in [5.74, 6) is -0.649. The molecule has 2 amide bonds. The summed E-state index contributed by atoms with van der Waals surface area (Å²) in [6.45, 7) is 1.74. The van der Waals surface area contributed by atoms with Gasteiger partial charge in [0.2, 0.25) is 0 Å². The molecule has 0 spiro atoms. The van der Waals surface area contributed by atoms with Crippen molar-refractivity contribution in [3.8, 4) is 0 Å². The van der Waals surface area contributed by atoms with Crippen LogP contribution in [-0.4, -0.2) is 22.9 Å². The van der Waals surface area contributed by atoms with Crippen LogP contribution < -0.4 is 15.5 Å². The largest absolute Gasteiger partial charge is 0.366 e. The average Bonchev–Trinajstić information content (AvgIpc) is 3.17. The zero-order valence-corrected chi connectivity index (χ0v) is 18.0. The molecule has 7 heteroatoms. The molecule has 2 aromatic carbocycles. The number of nitrogens with zero attached hydrogens (tertiary/aromatic N) is 3. The zero-order chi connectivity index (χ0) is 22.2. The number of aromatic nitrogens is 1. The van der Waals surface area contributed by atoms with Crippen molar-refractivity contribution in [2.24, 2.45) is 5.73 Å². The topological polar surface area (TPSA) is 71.6 Å². The number of fused-ring (bicyclic) bond motifs is 2. The second-order valence-corrected chi connectivity index (χ2v) is 8.13. The fraction of sp³-hybridized carbons (Fsp3) is 0.120. The van der Waals surface area contributed by atoms with E-state index in [1.165, 1.54) is 0 Å². The summed E-state index contributed by atoms with van der Waals surface area (Å²) in [6, 6.07) is 19.3. The number of primary amides is 1. The Kier molecular flexibility index (Phi) is 5.07. The van der Waals surface area contributed by atoms with Gasteiger partial charge in [-0.25, -0.2) is 0 Å². The van der Waals surface area contributed by atoms with E-state index in [0.717, 1.165) is 29.2 Å². The van der Waals surface area contributed by atoms with Gasteiger partial charge in [0.25, 0.3) is 11.8 Å². The predicted octanol–water partition coefficient (Wildman–Crippen LogP) is 4.01. The molecule has 6 nitrogen and oxygen atoms in total. The van der Waals surface area contributed by atoms with Gasteiger partial charge in [-0.15, -0.1) is 0 Å². The van der Waals surface area contributed by atoms with Crippen LogP contribution in [-0.2, 0) is 17.9 Å². The number of benzene rings is 2. The quantitative estimate of drug-likeness (QED) is 0.620. The van der Waals surface area contributed by atoms with Gasteiger partial charge in [0, 0.05) is 41.9 Å². The minimum atomic E-state index is -0.577. The lowest BCUT2D eigenvalue weighted by atomic mass is 10.1. The van der Waals surface area contributed by atoms with Crippen molar-refractivity contribution in [2.75, 3.05) is 16.3 Å². The number of carbonyl (C=O) groups excluding carboxylic acids is 2. The van der Waals surface area contributed by atoms with E-state index < -0.39 is 5.91 Å². The van der Waals surface area contributed by atoms with Crippen LogP contribution in [0.25, 0.3) is 0 Å². The molecule has 0 aliphatic carbocycles. The van der Waals surface area contributed by atoms with E-state index in [2.05, 4.69) is 10.6 Å². The first-order chi connectivity index (χ1) is 15.5. The van der Waals surface area contributed by atoms with Crippen molar-refractivity contribution in [1.82, 2.24) is 4.57 Å². The van der Waals surface area contributed by atoms with E-state index in [9.17, 15) is 9.59 Å². The highest BCUT2D eigenvalue weighted by Crippen LogP contribution is 2.31. The van der Waals surface area contributed by atoms with Crippen molar-refractivity contribution < 1.29 is 9.59 Å². The first-order valence-corrected chi connectivity index (χ1v) is 10.7. The lowest BCUT2D eigenvalue weighted by Crippen LogP contribution is -2.31. The van der Waals surface area contributed by atoms with Gasteiger partial charge in [0.15, 0.2) is 0 Å². The molecule has 2 N–H and O–H groups in total. The fourth-order valence-electron chi connectivity index (χ4n) is 4.18. The molecule has 0 unspecified atom stereocenters. The smallest absolute Gasteiger partial charge is 0.258 e. The molecule has 1 aromatic heterocycles. The molecule has 5 rings (SSSR count). The number of carbonyl (C=O) groups is 2. The molecule has 32 heavy (non-hydrogen) atoms. The minimum Gasteiger partial charge on any atom is -0.366 e. The van der Waals surface area contributed by atoms with Gasteiger partial charge in [-0.05, 0) is 54.1 Å². The molecular formula is C25H21ClN4O2. The molecule has 0 saturated heterocycles. The summed E-state index contributed by atoms with van der Waals surface area (Å²) in [6.07, 6.45) is 5.50. The molecule has 0 fully saturated rings. The Bertz CT molecular complexity index is 1270. The highest BCUT2D eigenvalue weighted by Gasteiger charge is 2.25. The van der Waals surface area contributed by atoms with Crippen LogP contribution in [0.5, 0.6) is 0 Å². The lowest BCUT2D eigenvalue weighted by Gasteiger charge is -2.27. The maximum absolute atomic E-state index is 13.5. The summed E-state index contributed by atoms with van der Waals surface area (Å²) < 4.78 is 2.17. The Labute approximate surface area is 190 Å². The molecule has 160 valence electrons. The normalized spacial score (nSPS) is 15.3. The number of anilines is 2. The van der Waals surface area contributed by atoms with Crippen LogP contribution in [0.15, 0.2) is 89.7 Å². The third-order valence-electron chi connectivity index (χ3n) is 5.84. The van der Waals surface area contributed by atoms with Crippen molar-refractivity contribution >= 4 is 34.8 Å². The van der Waals surface area contributed by atoms with Gasteiger partial charge in [-0.1, -0.05) is 35.9 Å². The molecule has 3 aromatic rings. The SMILES string of the molecule is NC(=O)C1=C(Cl)N(c2ccc(C(=O)N3Cc4cccn4Cc4ccccc43)cc2)CC=C1. The Morgan fingerprint density at radius 1 is 0.938 bits per heavy atom. The molecule has 0 bridgehead atoms. The standard InChI is InChI=1S/C25H21ClN4O2/c26-23-21(24(27)31)7-4-14-29(23)19-11-9-17(10-12-19)25(32)30-16-20-6-3-13-28(20)15-18-5-1-2-8-22(18)30/h1-13H,14-16H2,(H2,27,31). The molecule has 0 atom stereocenters. The van der Waals surface area contributed by atoms with Crippen LogP contribution in [0, 0.1) is 0 Å². The predicted molar refractivity (Wildman–Crippen MR) is 125 cm³/mol. The number of para-hydroxylation sites is 1. The molecule has 3 heterocycles. The Morgan fingerprint density at radius 2 is 1.72 bits per heavy atom. The Morgan fingerprint density at radius 3 is 2.50 bits per heavy atom. The van der Waals surface area contributed by atoms with Crippen LogP contribution in [0.4, 0.5) is 11.4 Å². The van der Waals surface area contributed by atoms with Crippen molar-refractivity contribution in [1.29, 1.82) is 0 Å². The number of amides is 2. The fourth-order valence-corrected chi connectivity index (χ4v) is 4.50. The minimum absolute atomic E-state index is 0.0725. The van der Waals surface area contributed by atoms with E-state index in [1.54, 1.807) is 23.1 Å². The maximum Gasteiger partial charge on any atom is 0.258 e. The van der Waals surface area contributed by atoms with E-state index >= 15 is 0 Å². The summed E-state index contributed by atoms with van der Waals surface area (Å²) in [7, 11) is 0. The van der Waals surface area contributed by atoms with Crippen LogP contribution in [0.3, 0.4) is 0 Å². The van der Waals surface area contributed by atoms with Gasteiger partial charge >= 0.3 is 0 Å². The maximum atomic E-state index is 13.5. The van der Waals surface area contributed by atoms with E-state index in [1.807, 2.05) is 59.6 Å². The third kappa shape index (κ3) is 3.48. The molecule has 0 radical (unpaired) electrons. The molecule has 2 aliphatic rings. The van der Waals surface area contributed by atoms with E-state index in [4.69, 9.17) is 17.3 Å². The molecular weight excluding hydrogens is 424 g/mol. The average molecular weight is 445 g/mol. The number of hydrogen-bond donors (Lipinski definition) is 1. The molecule has 0 saturated carbocycles. The van der Waals surface area contributed by atoms with Crippen molar-refractivity contribution in [3.05, 3.63) is 107 Å². The molecule has 2 aliphatic heterocycles. The first kappa shape index (κ1) is 20.2. The van der Waals surface area contributed by atoms with Crippen LogP contribution >= 0.6 is 11.6 Å². The van der Waals surface area contributed by atoms with Gasteiger partial charge in [-0.2, -0.15) is 0 Å². The van der Waals surface area contributed by atoms with Gasteiger partial charge < -0.3 is 20.1 Å². The summed E-state index contributed by atoms with van der Waals surface area (Å²) in [5.41, 5.74) is 10.1. The number of nitrogens with two attached hydrogens (primary N) is 1. The van der Waals surface area contributed by atoms with E-state index in [-0.39, 0.29) is 16.6 Å². The first-order valence-electron chi connectivity index (χ1n) is 10.3. The number of halogens is 1. The van der Waals surface area contributed by atoms with Gasteiger partial charge in [0.1, 0.15) is 5.16 Å². The van der Waals surface area contributed by atoms with Gasteiger partial charge in [0.05, 0.1) is 12.1 Å². The van der Waals surface area contributed by atoms with Crippen LogP contribution in [0.2, 0.25) is 0 Å². The Balaban J connectivity index is 1.46. The monoisotopic (exact) mass is 444 g/mol. The summed E-state index contributed by atoms with van der Waals surface area (Å²) >= 11 is 6.39. The second-order valence-electron chi connectivity index (χ2n) is 7.78.